The molecule has 0 aromatic heterocycles. The summed E-state index contributed by atoms with van der Waals surface area (Å²) in [6.07, 6.45) is -0.757. The van der Waals surface area contributed by atoms with Crippen molar-refractivity contribution in [3.63, 3.8) is 0 Å². The number of nitrogens with one attached hydrogen (secondary N) is 2. The minimum Gasteiger partial charge on any atom is -0.481 e. The molecule has 0 heterocycles. The predicted octanol–water partition coefficient (Wildman–Crippen LogP) is 2.71. The molecule has 0 saturated heterocycles. The van der Waals surface area contributed by atoms with Gasteiger partial charge in [-0.05, 0) is 34.1 Å². The molecule has 1 aromatic carbocycles. The summed E-state index contributed by atoms with van der Waals surface area (Å²) in [5.74, 6) is -0.987. The average molecular weight is 366 g/mol. The van der Waals surface area contributed by atoms with Crippen molar-refractivity contribution in [2.45, 2.75) is 12.5 Å². The number of anilines is 1. The van der Waals surface area contributed by atoms with E-state index < -0.39 is 18.1 Å². The Balaban J connectivity index is 2.46. The monoisotopic (exact) mass is 364 g/mol. The van der Waals surface area contributed by atoms with Gasteiger partial charge in [-0.1, -0.05) is 11.6 Å². The van der Waals surface area contributed by atoms with E-state index in [1.54, 1.807) is 18.2 Å². The average Bonchev–Trinajstić information content (AvgIpc) is 2.38. The molecule has 1 atom stereocenters. The van der Waals surface area contributed by atoms with Gasteiger partial charge in [-0.15, -0.1) is 0 Å². The lowest BCUT2D eigenvalue weighted by Crippen LogP contribution is -2.37. The fourth-order valence-corrected chi connectivity index (χ4v) is 1.82. The van der Waals surface area contributed by atoms with Crippen molar-refractivity contribution < 1.29 is 19.4 Å². The number of hydrogen-bond donors (Lipinski definition) is 3. The largest absolute Gasteiger partial charge is 0.481 e. The molecule has 2 amide bonds. The van der Waals surface area contributed by atoms with Gasteiger partial charge in [-0.3, -0.25) is 4.79 Å². The predicted molar refractivity (Wildman–Crippen MR) is 79.2 cm³/mol. The topological polar surface area (TPSA) is 87.7 Å². The fourth-order valence-electron chi connectivity index (χ4n) is 1.39. The molecule has 8 heteroatoms. The van der Waals surface area contributed by atoms with Crippen molar-refractivity contribution in [2.24, 2.45) is 0 Å². The zero-order chi connectivity index (χ0) is 15.1. The van der Waals surface area contributed by atoms with E-state index in [4.69, 9.17) is 21.4 Å². The summed E-state index contributed by atoms with van der Waals surface area (Å²) >= 11 is 9.15. The van der Waals surface area contributed by atoms with Crippen LogP contribution in [0.1, 0.15) is 6.42 Å². The first-order valence-electron chi connectivity index (χ1n) is 5.67. The number of halogens is 2. The van der Waals surface area contributed by atoms with E-state index in [1.807, 2.05) is 0 Å². The Morgan fingerprint density at radius 1 is 1.50 bits per heavy atom. The van der Waals surface area contributed by atoms with E-state index in [0.29, 0.717) is 10.7 Å². The number of ether oxygens (including phenoxy) is 1. The second kappa shape index (κ2) is 8.08. The summed E-state index contributed by atoms with van der Waals surface area (Å²) in [7, 11) is 1.39. The molecule has 0 spiro atoms. The molecular formula is C12H14BrClN2O4. The lowest BCUT2D eigenvalue weighted by atomic mass is 10.2. The summed E-state index contributed by atoms with van der Waals surface area (Å²) in [6.45, 7) is 0.0961. The molecule has 110 valence electrons. The van der Waals surface area contributed by atoms with Crippen molar-refractivity contribution in [2.75, 3.05) is 19.0 Å². The van der Waals surface area contributed by atoms with Crippen molar-refractivity contribution in [1.29, 1.82) is 0 Å². The van der Waals surface area contributed by atoms with E-state index in [9.17, 15) is 9.59 Å². The number of amides is 2. The number of carboxylic acids is 1. The first-order valence-corrected chi connectivity index (χ1v) is 6.84. The Hall–Kier alpha value is -1.31. The van der Waals surface area contributed by atoms with Crippen LogP contribution in [0.4, 0.5) is 10.5 Å². The number of carbonyl (C=O) groups excluding carboxylic acids is 1. The van der Waals surface area contributed by atoms with Crippen LogP contribution in [-0.2, 0) is 9.53 Å². The van der Waals surface area contributed by atoms with E-state index in [1.165, 1.54) is 7.11 Å². The maximum atomic E-state index is 11.6. The Morgan fingerprint density at radius 2 is 2.20 bits per heavy atom. The first kappa shape index (κ1) is 16.7. The lowest BCUT2D eigenvalue weighted by Gasteiger charge is -2.14. The van der Waals surface area contributed by atoms with Gasteiger partial charge in [-0.2, -0.15) is 0 Å². The molecule has 6 nitrogen and oxygen atoms in total. The van der Waals surface area contributed by atoms with Crippen molar-refractivity contribution >= 4 is 45.2 Å². The third kappa shape index (κ3) is 5.77. The number of methoxy groups -OCH3 is 1. The van der Waals surface area contributed by atoms with Crippen molar-refractivity contribution in [3.05, 3.63) is 27.7 Å². The van der Waals surface area contributed by atoms with Gasteiger partial charge in [-0.25, -0.2) is 4.79 Å². The Kier molecular flexibility index (Phi) is 6.77. The van der Waals surface area contributed by atoms with Crippen LogP contribution in [0, 0.1) is 0 Å². The van der Waals surface area contributed by atoms with Crippen LogP contribution in [-0.4, -0.2) is 36.9 Å². The number of aliphatic carboxylic acids is 1. The SMILES string of the molecule is COC(CNC(=O)Nc1ccc(Br)c(Cl)c1)CC(=O)O. The molecule has 0 fully saturated rings. The van der Waals surface area contributed by atoms with Crippen LogP contribution >= 0.6 is 27.5 Å². The molecular weight excluding hydrogens is 351 g/mol. The summed E-state index contributed by atoms with van der Waals surface area (Å²) < 4.78 is 5.67. The first-order chi connectivity index (χ1) is 9.42. The van der Waals surface area contributed by atoms with E-state index in [0.717, 1.165) is 4.47 Å². The van der Waals surface area contributed by atoms with Gasteiger partial charge in [0.05, 0.1) is 17.5 Å². The highest BCUT2D eigenvalue weighted by Gasteiger charge is 2.13. The Bertz CT molecular complexity index is 498. The van der Waals surface area contributed by atoms with E-state index in [-0.39, 0.29) is 13.0 Å². The maximum absolute atomic E-state index is 11.6. The molecule has 0 aliphatic carbocycles. The third-order valence-electron chi connectivity index (χ3n) is 2.40. The molecule has 1 rings (SSSR count). The van der Waals surface area contributed by atoms with Gasteiger partial charge >= 0.3 is 12.0 Å². The van der Waals surface area contributed by atoms with Crippen LogP contribution in [0.3, 0.4) is 0 Å². The number of carboxylic acid groups (broad SMARTS) is 1. The summed E-state index contributed by atoms with van der Waals surface area (Å²) in [6, 6.07) is 4.52. The highest BCUT2D eigenvalue weighted by atomic mass is 79.9. The second-order valence-corrected chi connectivity index (χ2v) is 5.18. The highest BCUT2D eigenvalue weighted by molar-refractivity contribution is 9.10. The molecule has 0 aliphatic heterocycles. The van der Waals surface area contributed by atoms with Crippen LogP contribution in [0.25, 0.3) is 0 Å². The van der Waals surface area contributed by atoms with Crippen LogP contribution in [0.15, 0.2) is 22.7 Å². The fraction of sp³-hybridized carbons (Fsp3) is 0.333. The summed E-state index contributed by atoms with van der Waals surface area (Å²) in [5.41, 5.74) is 0.530. The standard InChI is InChI=1S/C12H14BrClN2O4/c1-20-8(5-11(17)18)6-15-12(19)16-7-2-3-9(13)10(14)4-7/h2-4,8H,5-6H2,1H3,(H,17,18)(H2,15,16,19). The molecule has 0 aliphatic rings. The lowest BCUT2D eigenvalue weighted by molar-refractivity contribution is -0.139. The quantitative estimate of drug-likeness (QED) is 0.723. The molecule has 20 heavy (non-hydrogen) atoms. The molecule has 0 saturated carbocycles. The van der Waals surface area contributed by atoms with Crippen LogP contribution in [0.2, 0.25) is 5.02 Å². The number of hydrogen-bond acceptors (Lipinski definition) is 3. The van der Waals surface area contributed by atoms with Gasteiger partial charge < -0.3 is 20.5 Å². The Labute approximate surface area is 129 Å². The number of rotatable bonds is 6. The molecule has 1 aromatic rings. The van der Waals surface area contributed by atoms with E-state index >= 15 is 0 Å². The Morgan fingerprint density at radius 3 is 2.75 bits per heavy atom. The number of carbonyl (C=O) groups is 2. The van der Waals surface area contributed by atoms with Crippen LogP contribution < -0.4 is 10.6 Å². The smallest absolute Gasteiger partial charge is 0.319 e. The van der Waals surface area contributed by atoms with Gasteiger partial charge in [0.25, 0.3) is 0 Å². The minimum atomic E-state index is -0.987. The van der Waals surface area contributed by atoms with Gasteiger partial charge in [0.2, 0.25) is 0 Å². The number of urea groups is 1. The van der Waals surface area contributed by atoms with Gasteiger partial charge in [0.15, 0.2) is 0 Å². The van der Waals surface area contributed by atoms with Crippen molar-refractivity contribution in [1.82, 2.24) is 5.32 Å². The molecule has 1 unspecified atom stereocenters. The zero-order valence-corrected chi connectivity index (χ0v) is 13.0. The maximum Gasteiger partial charge on any atom is 0.319 e. The minimum absolute atomic E-state index is 0.0961. The summed E-state index contributed by atoms with van der Waals surface area (Å²) in [4.78, 5) is 22.2. The van der Waals surface area contributed by atoms with Crippen LogP contribution in [0.5, 0.6) is 0 Å². The second-order valence-electron chi connectivity index (χ2n) is 3.92. The normalized spacial score (nSPS) is 11.8. The van der Waals surface area contributed by atoms with E-state index in [2.05, 4.69) is 26.6 Å². The highest BCUT2D eigenvalue weighted by Crippen LogP contribution is 2.25. The van der Waals surface area contributed by atoms with Gasteiger partial charge in [0, 0.05) is 23.8 Å². The molecule has 3 N–H and O–H groups in total. The third-order valence-corrected chi connectivity index (χ3v) is 3.64. The zero-order valence-electron chi connectivity index (χ0n) is 10.7. The molecule has 0 bridgehead atoms. The van der Waals surface area contributed by atoms with Gasteiger partial charge in [0.1, 0.15) is 0 Å². The summed E-state index contributed by atoms with van der Waals surface area (Å²) in [5, 5.41) is 14.2. The number of benzene rings is 1. The van der Waals surface area contributed by atoms with Crippen molar-refractivity contribution in [3.8, 4) is 0 Å². The molecule has 0 radical (unpaired) electrons.